The molecule has 1 saturated heterocycles. The van der Waals surface area contributed by atoms with E-state index in [1.807, 2.05) is 24.3 Å². The van der Waals surface area contributed by atoms with E-state index >= 15 is 0 Å². The normalized spacial score (nSPS) is 22.2. The number of thioether (sulfide) groups is 1. The average Bonchev–Trinajstić information content (AvgIpc) is 2.77. The Morgan fingerprint density at radius 3 is 2.12 bits per heavy atom. The average molecular weight is 476 g/mol. The second-order valence-electron chi connectivity index (χ2n) is 7.35. The van der Waals surface area contributed by atoms with Gasteiger partial charge in [0, 0.05) is 32.1 Å². The summed E-state index contributed by atoms with van der Waals surface area (Å²) in [6.45, 7) is 3.68. The Kier molecular flexibility index (Phi) is 8.29. The molecule has 1 N–H and O–H groups in total. The van der Waals surface area contributed by atoms with Crippen LogP contribution in [-0.4, -0.2) is 57.5 Å². The third kappa shape index (κ3) is 6.69. The molecule has 1 aliphatic rings. The highest BCUT2D eigenvalue weighted by molar-refractivity contribution is 7.99. The monoisotopic (exact) mass is 475 g/mol. The Morgan fingerprint density at radius 1 is 0.939 bits per heavy atom. The molecule has 0 saturated carbocycles. The highest BCUT2D eigenvalue weighted by atomic mass is 32.2. The van der Waals surface area contributed by atoms with Crippen molar-refractivity contribution in [3.8, 4) is 17.0 Å². The molecule has 1 unspecified atom stereocenters. The zero-order valence-electron chi connectivity index (χ0n) is 18.4. The molecule has 1 aromatic carbocycles. The Morgan fingerprint density at radius 2 is 1.58 bits per heavy atom. The molecule has 1 aromatic heterocycles. The van der Waals surface area contributed by atoms with Crippen LogP contribution >= 0.6 is 11.8 Å². The van der Waals surface area contributed by atoms with E-state index in [1.54, 1.807) is 18.3 Å². The van der Waals surface area contributed by atoms with Gasteiger partial charge in [-0.25, -0.2) is 0 Å². The Bertz CT molecular complexity index is 979. The number of carbonyl (C=O) groups is 3. The zero-order valence-corrected chi connectivity index (χ0v) is 19.2. The largest absolute Gasteiger partial charge is 0.474 e. The third-order valence-electron chi connectivity index (χ3n) is 4.73. The molecule has 1 aliphatic heterocycles. The fourth-order valence-electron chi connectivity index (χ4n) is 3.35. The maximum Gasteiger partial charge on any atom is 0.303 e. The summed E-state index contributed by atoms with van der Waals surface area (Å²) in [6, 6.07) is 10.9. The molecule has 0 aliphatic carbocycles. The first-order chi connectivity index (χ1) is 15.8. The highest BCUT2D eigenvalue weighted by Crippen LogP contribution is 2.34. The smallest absolute Gasteiger partial charge is 0.303 e. The second kappa shape index (κ2) is 11.2. The Hall–Kier alpha value is -3.11. The number of rotatable bonds is 7. The van der Waals surface area contributed by atoms with E-state index in [4.69, 9.17) is 18.9 Å². The molecule has 0 bridgehead atoms. The van der Waals surface area contributed by atoms with Crippen molar-refractivity contribution in [1.82, 2.24) is 4.98 Å². The summed E-state index contributed by atoms with van der Waals surface area (Å²) in [5.74, 6) is -1.02. The number of aliphatic hydroxyl groups excluding tert-OH is 1. The van der Waals surface area contributed by atoms with E-state index in [-0.39, 0.29) is 12.4 Å². The molecule has 9 nitrogen and oxygen atoms in total. The van der Waals surface area contributed by atoms with E-state index in [2.05, 4.69) is 4.98 Å². The number of nitrogens with zero attached hydrogens (tertiary/aromatic N) is 1. The first kappa shape index (κ1) is 24.5. The van der Waals surface area contributed by atoms with Gasteiger partial charge < -0.3 is 24.1 Å². The molecular weight excluding hydrogens is 450 g/mol. The minimum atomic E-state index is -1.01. The minimum absolute atomic E-state index is 0.0321. The van der Waals surface area contributed by atoms with Crippen molar-refractivity contribution in [2.75, 3.05) is 5.75 Å². The summed E-state index contributed by atoms with van der Waals surface area (Å²) in [5.41, 5.74) is 1.68. The van der Waals surface area contributed by atoms with Gasteiger partial charge in [0.05, 0.1) is 18.5 Å². The molecule has 2 aromatic rings. The van der Waals surface area contributed by atoms with Crippen LogP contribution in [0.15, 0.2) is 42.6 Å². The van der Waals surface area contributed by atoms with E-state index < -0.39 is 41.7 Å². The van der Waals surface area contributed by atoms with Crippen LogP contribution in [0.4, 0.5) is 0 Å². The molecule has 0 spiro atoms. The van der Waals surface area contributed by atoms with E-state index in [1.165, 1.54) is 32.5 Å². The SMILES string of the molecule is CC(=O)O[C@H]1[C@H](OC(C)=O)CSC(Oc2ccc(-c3ccc(CO)cc3)nc2)[C@@H]1OC(C)=O. The maximum absolute atomic E-state index is 11.8. The van der Waals surface area contributed by atoms with Crippen LogP contribution in [0.5, 0.6) is 5.75 Å². The van der Waals surface area contributed by atoms with Crippen LogP contribution in [0.3, 0.4) is 0 Å². The lowest BCUT2D eigenvalue weighted by Crippen LogP contribution is -2.55. The van der Waals surface area contributed by atoms with Gasteiger partial charge in [-0.05, 0) is 17.7 Å². The Labute approximate surface area is 195 Å². The van der Waals surface area contributed by atoms with Crippen LogP contribution in [0, 0.1) is 0 Å². The second-order valence-corrected chi connectivity index (χ2v) is 8.48. The number of benzene rings is 1. The summed E-state index contributed by atoms with van der Waals surface area (Å²) >= 11 is 1.27. The van der Waals surface area contributed by atoms with Crippen LogP contribution in [0.25, 0.3) is 11.3 Å². The molecule has 33 heavy (non-hydrogen) atoms. The molecule has 0 amide bonds. The van der Waals surface area contributed by atoms with Gasteiger partial charge in [0.15, 0.2) is 23.7 Å². The minimum Gasteiger partial charge on any atom is -0.474 e. The quantitative estimate of drug-likeness (QED) is 0.472. The van der Waals surface area contributed by atoms with Crippen molar-refractivity contribution < 1.29 is 38.4 Å². The van der Waals surface area contributed by atoms with Gasteiger partial charge >= 0.3 is 17.9 Å². The summed E-state index contributed by atoms with van der Waals surface area (Å²) in [5, 5.41) is 9.18. The number of esters is 3. The Balaban J connectivity index is 1.78. The molecule has 0 radical (unpaired) electrons. The number of ether oxygens (including phenoxy) is 4. The van der Waals surface area contributed by atoms with E-state index in [9.17, 15) is 19.5 Å². The van der Waals surface area contributed by atoms with Crippen LogP contribution in [-0.2, 0) is 35.2 Å². The predicted molar refractivity (Wildman–Crippen MR) is 119 cm³/mol. The lowest BCUT2D eigenvalue weighted by Gasteiger charge is -2.39. The molecule has 10 heteroatoms. The van der Waals surface area contributed by atoms with Gasteiger partial charge in [-0.3, -0.25) is 19.4 Å². The first-order valence-electron chi connectivity index (χ1n) is 10.2. The van der Waals surface area contributed by atoms with Gasteiger partial charge in [0.1, 0.15) is 5.75 Å². The molecular formula is C23H25NO8S. The molecule has 3 rings (SSSR count). The van der Waals surface area contributed by atoms with E-state index in [0.717, 1.165) is 11.1 Å². The van der Waals surface area contributed by atoms with Gasteiger partial charge in [-0.2, -0.15) is 0 Å². The van der Waals surface area contributed by atoms with Crippen molar-refractivity contribution in [2.45, 2.75) is 51.1 Å². The predicted octanol–water partition coefficient (Wildman–Crippen LogP) is 2.49. The summed E-state index contributed by atoms with van der Waals surface area (Å²) in [7, 11) is 0. The number of carbonyl (C=O) groups excluding carboxylic acids is 3. The number of aliphatic hydroxyl groups is 1. The lowest BCUT2D eigenvalue weighted by molar-refractivity contribution is -0.186. The topological polar surface area (TPSA) is 121 Å². The molecule has 2 heterocycles. The third-order valence-corrected chi connectivity index (χ3v) is 5.94. The fourth-order valence-corrected chi connectivity index (χ4v) is 4.56. The highest BCUT2D eigenvalue weighted by Gasteiger charge is 2.47. The summed E-state index contributed by atoms with van der Waals surface area (Å²) in [6.07, 6.45) is -1.26. The van der Waals surface area contributed by atoms with Gasteiger partial charge in [-0.15, -0.1) is 11.8 Å². The van der Waals surface area contributed by atoms with Crippen molar-refractivity contribution in [3.63, 3.8) is 0 Å². The van der Waals surface area contributed by atoms with Gasteiger partial charge in [0.2, 0.25) is 0 Å². The molecule has 176 valence electrons. The maximum atomic E-state index is 11.8. The van der Waals surface area contributed by atoms with Gasteiger partial charge in [-0.1, -0.05) is 24.3 Å². The number of hydrogen-bond acceptors (Lipinski definition) is 10. The van der Waals surface area contributed by atoms with Crippen LogP contribution < -0.4 is 4.74 Å². The van der Waals surface area contributed by atoms with Crippen molar-refractivity contribution >= 4 is 29.7 Å². The van der Waals surface area contributed by atoms with Crippen molar-refractivity contribution in [2.24, 2.45) is 0 Å². The molecule has 4 atom stereocenters. The fraction of sp³-hybridized carbons (Fsp3) is 0.391. The summed E-state index contributed by atoms with van der Waals surface area (Å²) in [4.78, 5) is 39.3. The number of pyridine rings is 1. The van der Waals surface area contributed by atoms with Gasteiger partial charge in [0.25, 0.3) is 0 Å². The van der Waals surface area contributed by atoms with Crippen molar-refractivity contribution in [1.29, 1.82) is 0 Å². The lowest BCUT2D eigenvalue weighted by atomic mass is 10.1. The number of aromatic nitrogens is 1. The van der Waals surface area contributed by atoms with Crippen LogP contribution in [0.2, 0.25) is 0 Å². The standard InChI is InChI=1S/C23H25NO8S/c1-13(26)29-20-12-33-23(22(31-15(3)28)21(20)30-14(2)27)32-18-8-9-19(24-10-18)17-6-4-16(11-25)5-7-17/h4-10,20-23,25H,11-12H2,1-3H3/t20-,21+,22-,23?/m1/s1. The van der Waals surface area contributed by atoms with Crippen molar-refractivity contribution in [3.05, 3.63) is 48.2 Å². The first-order valence-corrected chi connectivity index (χ1v) is 11.3. The van der Waals surface area contributed by atoms with Crippen LogP contribution in [0.1, 0.15) is 26.3 Å². The molecule has 1 fully saturated rings. The zero-order chi connectivity index (χ0) is 24.0. The number of hydrogen-bond donors (Lipinski definition) is 1. The van der Waals surface area contributed by atoms with E-state index in [0.29, 0.717) is 11.4 Å². The summed E-state index contributed by atoms with van der Waals surface area (Å²) < 4.78 is 22.1.